The van der Waals surface area contributed by atoms with Crippen molar-refractivity contribution in [3.8, 4) is 0 Å². The summed E-state index contributed by atoms with van der Waals surface area (Å²) in [7, 11) is 0. The zero-order valence-corrected chi connectivity index (χ0v) is 17.9. The topological polar surface area (TPSA) is 105 Å². The first-order valence-electron chi connectivity index (χ1n) is 10.5. The summed E-state index contributed by atoms with van der Waals surface area (Å²) in [6.45, 7) is 3.40. The minimum atomic E-state index is -5.08. The summed E-state index contributed by atoms with van der Waals surface area (Å²) in [4.78, 5) is 30.7. The molecular weight excluding hydrogens is 443 g/mol. The summed E-state index contributed by atoms with van der Waals surface area (Å²) in [6, 6.07) is 5.77. The molecule has 8 nitrogen and oxygen atoms in total. The van der Waals surface area contributed by atoms with E-state index in [2.05, 4.69) is 9.97 Å². The molecule has 2 aromatic rings. The Hall–Kier alpha value is -2.92. The van der Waals surface area contributed by atoms with Crippen LogP contribution in [0.1, 0.15) is 35.2 Å². The number of aliphatic carboxylic acids is 1. The van der Waals surface area contributed by atoms with Gasteiger partial charge in [0.25, 0.3) is 5.91 Å². The van der Waals surface area contributed by atoms with Crippen LogP contribution in [0.2, 0.25) is 0 Å². The number of carbonyl (C=O) groups is 2. The van der Waals surface area contributed by atoms with E-state index in [-0.39, 0.29) is 17.4 Å². The van der Waals surface area contributed by atoms with Crippen LogP contribution in [-0.4, -0.2) is 70.4 Å². The van der Waals surface area contributed by atoms with Gasteiger partial charge in [-0.1, -0.05) is 0 Å². The normalized spacial score (nSPS) is 22.6. The largest absolute Gasteiger partial charge is 0.490 e. The van der Waals surface area contributed by atoms with Crippen molar-refractivity contribution in [1.82, 2.24) is 14.9 Å². The molecule has 4 rings (SSSR count). The first-order chi connectivity index (χ1) is 15.7. The van der Waals surface area contributed by atoms with Crippen LogP contribution in [0.3, 0.4) is 0 Å². The Morgan fingerprint density at radius 3 is 2.67 bits per heavy atom. The Kier molecular flexibility index (Phi) is 8.09. The van der Waals surface area contributed by atoms with E-state index in [9.17, 15) is 18.0 Å². The first-order valence-corrected chi connectivity index (χ1v) is 10.5. The van der Waals surface area contributed by atoms with E-state index in [1.165, 1.54) is 0 Å². The minimum absolute atomic E-state index is 0.0868. The third kappa shape index (κ3) is 6.55. The number of halogens is 3. The van der Waals surface area contributed by atoms with E-state index in [0.29, 0.717) is 25.3 Å². The van der Waals surface area contributed by atoms with Crippen LogP contribution in [0.15, 0.2) is 43.0 Å². The molecule has 2 aliphatic heterocycles. The molecule has 2 N–H and O–H groups in total. The summed E-state index contributed by atoms with van der Waals surface area (Å²) in [5.74, 6) is -2.67. The number of aromatic amines is 1. The van der Waals surface area contributed by atoms with Crippen molar-refractivity contribution in [2.75, 3.05) is 26.3 Å². The van der Waals surface area contributed by atoms with E-state index >= 15 is 0 Å². The molecule has 0 aliphatic carbocycles. The number of likely N-dealkylation sites (tertiary alicyclic amines) is 1. The number of pyridine rings is 1. The fourth-order valence-electron chi connectivity index (χ4n) is 4.17. The number of alkyl halides is 3. The number of carboxylic acid groups (broad SMARTS) is 1. The molecule has 33 heavy (non-hydrogen) atoms. The zero-order valence-electron chi connectivity index (χ0n) is 17.9. The molecular formula is C22H26F3N3O5. The van der Waals surface area contributed by atoms with E-state index in [1.807, 2.05) is 23.1 Å². The number of hydrogen-bond acceptors (Lipinski definition) is 5. The molecule has 2 saturated heterocycles. The predicted molar refractivity (Wildman–Crippen MR) is 110 cm³/mol. The number of ether oxygens (including phenoxy) is 2. The Morgan fingerprint density at radius 2 is 2.03 bits per heavy atom. The van der Waals surface area contributed by atoms with Crippen molar-refractivity contribution in [3.63, 3.8) is 0 Å². The monoisotopic (exact) mass is 469 g/mol. The number of fused-ring (bicyclic) bond motifs is 1. The Bertz CT molecular complexity index is 908. The van der Waals surface area contributed by atoms with Gasteiger partial charge in [0.05, 0.1) is 24.9 Å². The van der Waals surface area contributed by atoms with Crippen molar-refractivity contribution in [2.24, 2.45) is 5.41 Å². The van der Waals surface area contributed by atoms with Gasteiger partial charge in [-0.15, -0.1) is 0 Å². The molecule has 1 amide bonds. The van der Waals surface area contributed by atoms with E-state index in [0.717, 1.165) is 38.0 Å². The highest BCUT2D eigenvalue weighted by Crippen LogP contribution is 2.41. The molecule has 2 fully saturated rings. The second kappa shape index (κ2) is 10.8. The Labute approximate surface area is 188 Å². The molecule has 0 spiro atoms. The highest BCUT2D eigenvalue weighted by atomic mass is 19.4. The van der Waals surface area contributed by atoms with E-state index in [4.69, 9.17) is 19.4 Å². The number of hydrogen-bond donors (Lipinski definition) is 2. The van der Waals surface area contributed by atoms with Crippen LogP contribution >= 0.6 is 0 Å². The highest BCUT2D eigenvalue weighted by molar-refractivity contribution is 5.94. The van der Waals surface area contributed by atoms with E-state index < -0.39 is 12.1 Å². The SMILES string of the molecule is O=C(O)C(F)(F)F.O=C(c1cc[nH]c1)N1CCC2OCCCC2(COCc2ccncc2)C1. The van der Waals surface area contributed by atoms with Gasteiger partial charge in [0.2, 0.25) is 0 Å². The molecule has 0 saturated carbocycles. The summed E-state index contributed by atoms with van der Waals surface area (Å²) in [5, 5.41) is 7.12. The number of carboxylic acids is 1. The van der Waals surface area contributed by atoms with Gasteiger partial charge in [0.1, 0.15) is 0 Å². The average molecular weight is 469 g/mol. The van der Waals surface area contributed by atoms with Gasteiger partial charge in [0, 0.05) is 49.9 Å². The molecule has 4 heterocycles. The second-order valence-corrected chi connectivity index (χ2v) is 8.09. The summed E-state index contributed by atoms with van der Waals surface area (Å²) in [6.07, 6.45) is 5.11. The lowest BCUT2D eigenvalue weighted by atomic mass is 9.73. The smallest absolute Gasteiger partial charge is 0.475 e. The van der Waals surface area contributed by atoms with Gasteiger partial charge in [-0.2, -0.15) is 13.2 Å². The number of aromatic nitrogens is 2. The predicted octanol–water partition coefficient (Wildman–Crippen LogP) is 3.27. The van der Waals surface area contributed by atoms with Gasteiger partial charge >= 0.3 is 12.1 Å². The maximum absolute atomic E-state index is 12.8. The third-order valence-corrected chi connectivity index (χ3v) is 5.77. The first kappa shape index (κ1) is 24.7. The van der Waals surface area contributed by atoms with Crippen molar-refractivity contribution in [3.05, 3.63) is 54.1 Å². The molecule has 0 bridgehead atoms. The average Bonchev–Trinajstić information content (AvgIpc) is 3.33. The molecule has 0 aromatic carbocycles. The number of rotatable bonds is 5. The van der Waals surface area contributed by atoms with E-state index in [1.54, 1.807) is 24.8 Å². The summed E-state index contributed by atoms with van der Waals surface area (Å²) in [5.41, 5.74) is 1.71. The third-order valence-electron chi connectivity index (χ3n) is 5.77. The zero-order chi connectivity index (χ0) is 23.9. The lowest BCUT2D eigenvalue weighted by Crippen LogP contribution is -2.58. The molecule has 2 unspecified atom stereocenters. The van der Waals surface area contributed by atoms with Crippen molar-refractivity contribution in [1.29, 1.82) is 0 Å². The number of carbonyl (C=O) groups excluding carboxylic acids is 1. The van der Waals surface area contributed by atoms with Gasteiger partial charge in [-0.25, -0.2) is 4.79 Å². The number of nitrogens with one attached hydrogen (secondary N) is 1. The number of nitrogens with zero attached hydrogens (tertiary/aromatic N) is 2. The molecule has 2 atom stereocenters. The van der Waals surface area contributed by atoms with Gasteiger partial charge in [-0.3, -0.25) is 9.78 Å². The van der Waals surface area contributed by atoms with Crippen molar-refractivity contribution in [2.45, 2.75) is 38.1 Å². The summed E-state index contributed by atoms with van der Waals surface area (Å²) >= 11 is 0. The number of amides is 1. The quantitative estimate of drug-likeness (QED) is 0.697. The van der Waals surface area contributed by atoms with Gasteiger partial charge in [0.15, 0.2) is 0 Å². The van der Waals surface area contributed by atoms with Crippen molar-refractivity contribution >= 4 is 11.9 Å². The number of piperidine rings is 1. The van der Waals surface area contributed by atoms with Crippen LogP contribution in [0.25, 0.3) is 0 Å². The van der Waals surface area contributed by atoms with Crippen LogP contribution < -0.4 is 0 Å². The van der Waals surface area contributed by atoms with Crippen LogP contribution in [0.4, 0.5) is 13.2 Å². The molecule has 2 aliphatic rings. The molecule has 11 heteroatoms. The number of H-pyrrole nitrogens is 1. The molecule has 2 aromatic heterocycles. The lowest BCUT2D eigenvalue weighted by Gasteiger charge is -2.50. The maximum Gasteiger partial charge on any atom is 0.490 e. The molecule has 180 valence electrons. The fourth-order valence-corrected chi connectivity index (χ4v) is 4.17. The van der Waals surface area contributed by atoms with Crippen molar-refractivity contribution < 1.29 is 37.3 Å². The highest BCUT2D eigenvalue weighted by Gasteiger charge is 2.47. The Morgan fingerprint density at radius 1 is 1.30 bits per heavy atom. The maximum atomic E-state index is 12.8. The van der Waals surface area contributed by atoms with Gasteiger partial charge in [-0.05, 0) is 43.0 Å². The van der Waals surface area contributed by atoms with Gasteiger partial charge < -0.3 is 24.5 Å². The fraction of sp³-hybridized carbons (Fsp3) is 0.500. The summed E-state index contributed by atoms with van der Waals surface area (Å²) < 4.78 is 43.9. The standard InChI is InChI=1S/C20H25N3O3.C2HF3O2/c24-19(17-4-9-22-12-17)23-10-5-18-20(14-23,6-1-11-26-18)15-25-13-16-2-7-21-8-3-16;3-2(4,5)1(6)7/h2-4,7-9,12,18,22H,1,5-6,10-11,13-15H2;(H,6,7). The second-order valence-electron chi connectivity index (χ2n) is 8.09. The lowest BCUT2D eigenvalue weighted by molar-refractivity contribution is -0.192. The van der Waals surface area contributed by atoms with Crippen LogP contribution in [0.5, 0.6) is 0 Å². The van der Waals surface area contributed by atoms with Crippen LogP contribution in [0, 0.1) is 5.41 Å². The van der Waals surface area contributed by atoms with Crippen LogP contribution in [-0.2, 0) is 20.9 Å². The minimum Gasteiger partial charge on any atom is -0.475 e. The molecule has 0 radical (unpaired) electrons. The Balaban J connectivity index is 0.000000383.